The number of hydrogen-bond acceptors (Lipinski definition) is 6. The van der Waals surface area contributed by atoms with Crippen molar-refractivity contribution in [3.63, 3.8) is 0 Å². The number of carbonyl (C=O) groups excluding carboxylic acids is 1. The lowest BCUT2D eigenvalue weighted by atomic mass is 10.0. The van der Waals surface area contributed by atoms with Crippen LogP contribution in [0.1, 0.15) is 36.0 Å². The zero-order valence-corrected chi connectivity index (χ0v) is 28.1. The molecule has 0 spiro atoms. The van der Waals surface area contributed by atoms with Crippen LogP contribution in [0, 0.1) is 11.8 Å². The molecule has 3 fully saturated rings. The molecule has 1 aliphatic heterocycles. The summed E-state index contributed by atoms with van der Waals surface area (Å²) >= 11 is 6.48. The SMILES string of the molecule is COc1cc(C(=O)N2C[C@H]3CC[C@@H]2[C@@H]3N)cc2nc(-c3cc4ccc(-c5ccc(NS(C)(=O)=O)c(Cl)c5)cc4n3CC3CC3)n(C)c12. The van der Waals surface area contributed by atoms with Gasteiger partial charge in [-0.15, -0.1) is 0 Å². The van der Waals surface area contributed by atoms with E-state index < -0.39 is 10.0 Å². The number of aromatic nitrogens is 3. The van der Waals surface area contributed by atoms with Gasteiger partial charge in [0.05, 0.1) is 35.3 Å². The molecule has 3 atom stereocenters. The van der Waals surface area contributed by atoms with E-state index in [1.54, 1.807) is 19.2 Å². The summed E-state index contributed by atoms with van der Waals surface area (Å²) in [5, 5.41) is 1.41. The lowest BCUT2D eigenvalue weighted by molar-refractivity contribution is 0.0700. The van der Waals surface area contributed by atoms with E-state index in [9.17, 15) is 13.2 Å². The van der Waals surface area contributed by atoms with Gasteiger partial charge in [0.15, 0.2) is 5.82 Å². The zero-order chi connectivity index (χ0) is 32.8. The van der Waals surface area contributed by atoms with Crippen molar-refractivity contribution in [3.05, 3.63) is 65.2 Å². The van der Waals surface area contributed by atoms with Gasteiger partial charge in [-0.1, -0.05) is 29.8 Å². The summed E-state index contributed by atoms with van der Waals surface area (Å²) in [5.74, 6) is 2.36. The number of carbonyl (C=O) groups is 1. The molecule has 12 heteroatoms. The molecule has 3 heterocycles. The molecule has 1 saturated heterocycles. The fraction of sp³-hybridized carbons (Fsp3) is 0.371. The number of nitrogens with one attached hydrogen (secondary N) is 1. The van der Waals surface area contributed by atoms with Crippen molar-refractivity contribution in [1.29, 1.82) is 0 Å². The largest absolute Gasteiger partial charge is 0.494 e. The summed E-state index contributed by atoms with van der Waals surface area (Å²) < 4.78 is 36.2. The maximum atomic E-state index is 13.7. The van der Waals surface area contributed by atoms with Crippen LogP contribution >= 0.6 is 11.6 Å². The Bertz CT molecular complexity index is 2200. The minimum absolute atomic E-state index is 0.0179. The third-order valence-electron chi connectivity index (χ3n) is 10.2. The van der Waals surface area contributed by atoms with Gasteiger partial charge in [-0.25, -0.2) is 13.4 Å². The molecule has 0 unspecified atom stereocenters. The first-order valence-electron chi connectivity index (χ1n) is 16.0. The second-order valence-corrected chi connectivity index (χ2v) is 15.6. The molecular weight excluding hydrogens is 636 g/mol. The smallest absolute Gasteiger partial charge is 0.254 e. The van der Waals surface area contributed by atoms with Crippen molar-refractivity contribution in [2.45, 2.75) is 44.3 Å². The molecular formula is C35H37ClN6O4S. The first kappa shape index (κ1) is 30.3. The van der Waals surface area contributed by atoms with E-state index in [4.69, 9.17) is 27.1 Å². The number of methoxy groups -OCH3 is 1. The van der Waals surface area contributed by atoms with Gasteiger partial charge in [0.2, 0.25) is 10.0 Å². The summed E-state index contributed by atoms with van der Waals surface area (Å²) in [6, 6.07) is 17.7. The number of nitrogens with zero attached hydrogens (tertiary/aromatic N) is 4. The lowest BCUT2D eigenvalue weighted by Gasteiger charge is -2.27. The van der Waals surface area contributed by atoms with E-state index in [1.165, 1.54) is 12.8 Å². The van der Waals surface area contributed by atoms with Crippen LogP contribution in [-0.2, 0) is 23.6 Å². The second-order valence-electron chi connectivity index (χ2n) is 13.4. The molecule has 3 aliphatic rings. The predicted molar refractivity (Wildman–Crippen MR) is 185 cm³/mol. The standard InChI is InChI=1S/C35H37ClN6O4S/c1-40-33-27(13-24(16-31(33)46-2)35(43)42-18-23-9-11-28(42)32(23)37)38-34(40)30-15-22-7-6-21(14-29(22)41(30)17-19-4-5-19)20-8-10-26(25(36)12-20)39-47(3,44)45/h6-8,10,12-16,19,23,28,32,39H,4-5,9,11,17-18,37H2,1-3H3/t23-,28-,32-/m1/s1. The van der Waals surface area contributed by atoms with Crippen LogP contribution < -0.4 is 15.2 Å². The molecule has 2 aromatic heterocycles. The molecule has 2 aliphatic carbocycles. The third kappa shape index (κ3) is 5.25. The maximum Gasteiger partial charge on any atom is 0.254 e. The van der Waals surface area contributed by atoms with Crippen molar-refractivity contribution >= 4 is 55.2 Å². The molecule has 47 heavy (non-hydrogen) atoms. The minimum Gasteiger partial charge on any atom is -0.494 e. The van der Waals surface area contributed by atoms with Gasteiger partial charge in [-0.05, 0) is 85.0 Å². The normalized spacial score (nSPS) is 20.9. The highest BCUT2D eigenvalue weighted by Gasteiger charge is 2.47. The number of aryl methyl sites for hydroxylation is 1. The van der Waals surface area contributed by atoms with E-state index in [1.807, 2.05) is 30.1 Å². The van der Waals surface area contributed by atoms with Gasteiger partial charge in [0.25, 0.3) is 5.91 Å². The van der Waals surface area contributed by atoms with Crippen LogP contribution in [0.15, 0.2) is 54.6 Å². The highest BCUT2D eigenvalue weighted by Crippen LogP contribution is 2.41. The lowest BCUT2D eigenvalue weighted by Crippen LogP contribution is -2.41. The van der Waals surface area contributed by atoms with Crippen molar-refractivity contribution in [3.8, 4) is 28.4 Å². The van der Waals surface area contributed by atoms with E-state index in [-0.39, 0.29) is 18.0 Å². The topological polar surface area (TPSA) is 124 Å². The Morgan fingerprint density at radius 2 is 1.83 bits per heavy atom. The van der Waals surface area contributed by atoms with E-state index >= 15 is 0 Å². The summed E-state index contributed by atoms with van der Waals surface area (Å²) in [5.41, 5.74) is 12.8. The van der Waals surface area contributed by atoms with Crippen LogP contribution in [0.25, 0.3) is 44.6 Å². The number of rotatable bonds is 8. The van der Waals surface area contributed by atoms with Crippen molar-refractivity contribution < 1.29 is 17.9 Å². The Hall–Kier alpha value is -4.06. The summed E-state index contributed by atoms with van der Waals surface area (Å²) in [6.07, 6.45) is 5.52. The second kappa shape index (κ2) is 11.0. The fourth-order valence-electron chi connectivity index (χ4n) is 7.62. The molecule has 0 radical (unpaired) electrons. The Morgan fingerprint density at radius 3 is 2.49 bits per heavy atom. The Balaban J connectivity index is 1.21. The molecule has 1 amide bonds. The number of piperidine rings is 1. The molecule has 3 aromatic carbocycles. The Labute approximate surface area is 278 Å². The van der Waals surface area contributed by atoms with Crippen LogP contribution in [0.2, 0.25) is 5.02 Å². The van der Waals surface area contributed by atoms with Crippen LogP contribution in [0.4, 0.5) is 5.69 Å². The molecule has 10 nitrogen and oxygen atoms in total. The van der Waals surface area contributed by atoms with E-state index in [2.05, 4.69) is 38.1 Å². The predicted octanol–water partition coefficient (Wildman–Crippen LogP) is 5.87. The van der Waals surface area contributed by atoms with Crippen molar-refractivity contribution in [1.82, 2.24) is 19.0 Å². The number of hydrogen-bond donors (Lipinski definition) is 2. The number of benzene rings is 3. The molecule has 2 bridgehead atoms. The first-order chi connectivity index (χ1) is 22.5. The summed E-state index contributed by atoms with van der Waals surface area (Å²) in [6.45, 7) is 1.57. The number of likely N-dealkylation sites (tertiary alicyclic amines) is 1. The van der Waals surface area contributed by atoms with Crippen LogP contribution in [0.3, 0.4) is 0 Å². The Morgan fingerprint density at radius 1 is 1.06 bits per heavy atom. The van der Waals surface area contributed by atoms with Crippen molar-refractivity contribution in [2.75, 3.05) is 24.6 Å². The summed E-state index contributed by atoms with van der Waals surface area (Å²) in [7, 11) is 0.172. The van der Waals surface area contributed by atoms with E-state index in [0.29, 0.717) is 45.9 Å². The molecule has 5 aromatic rings. The highest BCUT2D eigenvalue weighted by atomic mass is 35.5. The van der Waals surface area contributed by atoms with Crippen LogP contribution in [-0.4, -0.2) is 65.3 Å². The van der Waals surface area contributed by atoms with Gasteiger partial charge < -0.3 is 24.5 Å². The van der Waals surface area contributed by atoms with E-state index in [0.717, 1.165) is 64.7 Å². The highest BCUT2D eigenvalue weighted by molar-refractivity contribution is 7.92. The fourth-order valence-corrected chi connectivity index (χ4v) is 8.48. The molecule has 2 saturated carbocycles. The quantitative estimate of drug-likeness (QED) is 0.213. The zero-order valence-electron chi connectivity index (χ0n) is 26.5. The number of ether oxygens (including phenoxy) is 1. The average molecular weight is 673 g/mol. The van der Waals surface area contributed by atoms with Gasteiger partial charge in [-0.2, -0.15) is 0 Å². The van der Waals surface area contributed by atoms with Gasteiger partial charge in [0, 0.05) is 48.7 Å². The third-order valence-corrected chi connectivity index (χ3v) is 11.1. The average Bonchev–Trinajstić information content (AvgIpc) is 3.44. The van der Waals surface area contributed by atoms with Crippen LogP contribution in [0.5, 0.6) is 5.75 Å². The number of halogens is 1. The van der Waals surface area contributed by atoms with Gasteiger partial charge >= 0.3 is 0 Å². The van der Waals surface area contributed by atoms with Gasteiger partial charge in [-0.3, -0.25) is 9.52 Å². The number of anilines is 1. The Kier molecular flexibility index (Phi) is 7.09. The number of nitrogens with two attached hydrogens (primary N) is 1. The maximum absolute atomic E-state index is 13.7. The molecule has 244 valence electrons. The minimum atomic E-state index is -3.45. The monoisotopic (exact) mass is 672 g/mol. The number of imidazole rings is 1. The number of sulfonamides is 1. The first-order valence-corrected chi connectivity index (χ1v) is 18.3. The van der Waals surface area contributed by atoms with Crippen molar-refractivity contribution in [2.24, 2.45) is 24.6 Å². The molecule has 3 N–H and O–H groups in total. The van der Waals surface area contributed by atoms with Gasteiger partial charge in [0.1, 0.15) is 11.3 Å². The number of amides is 1. The molecule has 8 rings (SSSR count). The number of fused-ring (bicyclic) bond motifs is 4. The summed E-state index contributed by atoms with van der Waals surface area (Å²) in [4.78, 5) is 20.8.